The summed E-state index contributed by atoms with van der Waals surface area (Å²) in [5, 5.41) is 5.94. The number of guanidine groups is 1. The highest BCUT2D eigenvalue weighted by atomic mass is 127. The van der Waals surface area contributed by atoms with Crippen molar-refractivity contribution in [2.45, 2.75) is 32.7 Å². The van der Waals surface area contributed by atoms with Crippen LogP contribution in [0.4, 0.5) is 0 Å². The van der Waals surface area contributed by atoms with Gasteiger partial charge in [-0.2, -0.15) is 0 Å². The van der Waals surface area contributed by atoms with Crippen LogP contribution in [0.1, 0.15) is 42.1 Å². The molecule has 0 aromatic heterocycles. The van der Waals surface area contributed by atoms with Crippen molar-refractivity contribution < 1.29 is 9.59 Å². The van der Waals surface area contributed by atoms with E-state index in [0.717, 1.165) is 44.0 Å². The quantitative estimate of drug-likeness (QED) is 0.323. The zero-order valence-electron chi connectivity index (χ0n) is 16.0. The second-order valence-corrected chi connectivity index (χ2v) is 6.57. The first-order valence-corrected chi connectivity index (χ1v) is 9.16. The van der Waals surface area contributed by atoms with Crippen LogP contribution in [-0.2, 0) is 11.3 Å². The van der Waals surface area contributed by atoms with Crippen LogP contribution in [0.3, 0.4) is 0 Å². The number of hydrogen-bond acceptors (Lipinski definition) is 3. The summed E-state index contributed by atoms with van der Waals surface area (Å²) in [6, 6.07) is 7.45. The molecule has 2 rings (SSSR count). The Hall–Kier alpha value is -1.84. The molecule has 7 nitrogen and oxygen atoms in total. The number of nitrogens with zero attached hydrogens (tertiary/aromatic N) is 2. The summed E-state index contributed by atoms with van der Waals surface area (Å²) in [6.45, 7) is 5.08. The molecule has 0 aliphatic carbocycles. The fourth-order valence-corrected chi connectivity index (χ4v) is 3.21. The van der Waals surface area contributed by atoms with Crippen LogP contribution in [-0.4, -0.2) is 49.4 Å². The molecule has 8 heteroatoms. The number of rotatable bonds is 6. The van der Waals surface area contributed by atoms with E-state index in [9.17, 15) is 9.59 Å². The van der Waals surface area contributed by atoms with Crippen LogP contribution in [0.2, 0.25) is 0 Å². The van der Waals surface area contributed by atoms with Crippen LogP contribution in [0.15, 0.2) is 29.3 Å². The third-order valence-electron chi connectivity index (χ3n) is 4.50. The summed E-state index contributed by atoms with van der Waals surface area (Å²) in [4.78, 5) is 29.7. The maximum atomic E-state index is 11.6. The summed E-state index contributed by atoms with van der Waals surface area (Å²) >= 11 is 0. The van der Waals surface area contributed by atoms with E-state index in [1.54, 1.807) is 19.2 Å². The third kappa shape index (κ3) is 7.36. The molecule has 1 fully saturated rings. The SMILES string of the molecule is CCNC(=NCc1ccc(C(=O)NC)cc1)N1CCCC(CC(N)=O)C1.I. The summed E-state index contributed by atoms with van der Waals surface area (Å²) in [6.07, 6.45) is 2.49. The Bertz CT molecular complexity index is 648. The number of benzene rings is 1. The zero-order valence-corrected chi connectivity index (χ0v) is 18.4. The fraction of sp³-hybridized carbons (Fsp3) is 0.526. The van der Waals surface area contributed by atoms with Crippen molar-refractivity contribution in [2.75, 3.05) is 26.7 Å². The summed E-state index contributed by atoms with van der Waals surface area (Å²) in [5.74, 6) is 0.811. The van der Waals surface area contributed by atoms with Gasteiger partial charge < -0.3 is 21.3 Å². The van der Waals surface area contributed by atoms with Crippen molar-refractivity contribution in [1.29, 1.82) is 0 Å². The van der Waals surface area contributed by atoms with E-state index in [1.165, 1.54) is 0 Å². The number of nitrogens with two attached hydrogens (primary N) is 1. The van der Waals surface area contributed by atoms with Crippen molar-refractivity contribution in [1.82, 2.24) is 15.5 Å². The molecule has 1 unspecified atom stereocenters. The van der Waals surface area contributed by atoms with Crippen molar-refractivity contribution >= 4 is 41.8 Å². The average Bonchev–Trinajstić information content (AvgIpc) is 2.64. The molecule has 27 heavy (non-hydrogen) atoms. The minimum absolute atomic E-state index is 0. The standard InChI is InChI=1S/C19H29N5O2.HI/c1-3-22-19(24-10-4-5-15(13-24)11-17(20)25)23-12-14-6-8-16(9-7-14)18(26)21-2;/h6-9,15H,3-5,10-13H2,1-2H3,(H2,20,25)(H,21,26)(H,22,23);1H. The molecule has 0 saturated carbocycles. The fourth-order valence-electron chi connectivity index (χ4n) is 3.21. The number of amides is 2. The molecular formula is C19H30IN5O2. The average molecular weight is 487 g/mol. The molecule has 0 bridgehead atoms. The third-order valence-corrected chi connectivity index (χ3v) is 4.50. The molecule has 2 amide bonds. The Morgan fingerprint density at radius 2 is 2.00 bits per heavy atom. The normalized spacial score (nSPS) is 17.0. The Kier molecular flexibility index (Phi) is 10.1. The monoisotopic (exact) mass is 487 g/mol. The van der Waals surface area contributed by atoms with E-state index in [2.05, 4.69) is 15.5 Å². The van der Waals surface area contributed by atoms with Gasteiger partial charge in [0.05, 0.1) is 6.54 Å². The summed E-state index contributed by atoms with van der Waals surface area (Å²) < 4.78 is 0. The molecule has 1 heterocycles. The molecular weight excluding hydrogens is 457 g/mol. The number of carbonyl (C=O) groups is 2. The molecule has 1 saturated heterocycles. The van der Waals surface area contributed by atoms with Gasteiger partial charge in [0, 0.05) is 38.7 Å². The van der Waals surface area contributed by atoms with Crippen LogP contribution >= 0.6 is 24.0 Å². The van der Waals surface area contributed by atoms with Crippen LogP contribution < -0.4 is 16.4 Å². The lowest BCUT2D eigenvalue weighted by Crippen LogP contribution is -2.47. The van der Waals surface area contributed by atoms with Gasteiger partial charge in [-0.05, 0) is 43.4 Å². The Morgan fingerprint density at radius 1 is 1.30 bits per heavy atom. The lowest BCUT2D eigenvalue weighted by Gasteiger charge is -2.34. The first kappa shape index (κ1) is 23.2. The molecule has 150 valence electrons. The van der Waals surface area contributed by atoms with Gasteiger partial charge in [-0.3, -0.25) is 9.59 Å². The first-order chi connectivity index (χ1) is 12.5. The minimum Gasteiger partial charge on any atom is -0.370 e. The van der Waals surface area contributed by atoms with Crippen molar-refractivity contribution in [3.05, 3.63) is 35.4 Å². The van der Waals surface area contributed by atoms with Gasteiger partial charge in [-0.1, -0.05) is 12.1 Å². The van der Waals surface area contributed by atoms with Gasteiger partial charge in [0.25, 0.3) is 5.91 Å². The Morgan fingerprint density at radius 3 is 2.59 bits per heavy atom. The number of likely N-dealkylation sites (tertiary alicyclic amines) is 1. The molecule has 1 aromatic carbocycles. The lowest BCUT2D eigenvalue weighted by atomic mass is 9.95. The van der Waals surface area contributed by atoms with Crippen LogP contribution in [0, 0.1) is 5.92 Å². The molecule has 0 spiro atoms. The topological polar surface area (TPSA) is 99.8 Å². The predicted molar refractivity (Wildman–Crippen MR) is 118 cm³/mol. The number of hydrogen-bond donors (Lipinski definition) is 3. The number of aliphatic imine (C=N–C) groups is 1. The second kappa shape index (κ2) is 11.8. The molecule has 1 aliphatic rings. The van der Waals surface area contributed by atoms with Crippen molar-refractivity contribution in [3.63, 3.8) is 0 Å². The molecule has 1 atom stereocenters. The maximum Gasteiger partial charge on any atom is 0.251 e. The van der Waals surface area contributed by atoms with E-state index < -0.39 is 0 Å². The van der Waals surface area contributed by atoms with E-state index >= 15 is 0 Å². The number of carbonyl (C=O) groups excluding carboxylic acids is 2. The largest absolute Gasteiger partial charge is 0.370 e. The van der Waals surface area contributed by atoms with Crippen molar-refractivity contribution in [2.24, 2.45) is 16.6 Å². The smallest absolute Gasteiger partial charge is 0.251 e. The van der Waals surface area contributed by atoms with Gasteiger partial charge in [0.1, 0.15) is 0 Å². The molecule has 1 aliphatic heterocycles. The number of piperidine rings is 1. The number of primary amides is 1. The van der Waals surface area contributed by atoms with Gasteiger partial charge >= 0.3 is 0 Å². The van der Waals surface area contributed by atoms with Crippen molar-refractivity contribution in [3.8, 4) is 0 Å². The molecule has 1 aromatic rings. The zero-order chi connectivity index (χ0) is 18.9. The summed E-state index contributed by atoms with van der Waals surface area (Å²) in [5.41, 5.74) is 7.03. The maximum absolute atomic E-state index is 11.6. The van der Waals surface area contributed by atoms with Crippen LogP contribution in [0.5, 0.6) is 0 Å². The highest BCUT2D eigenvalue weighted by Crippen LogP contribution is 2.19. The van der Waals surface area contributed by atoms with Gasteiger partial charge in [-0.15, -0.1) is 24.0 Å². The highest BCUT2D eigenvalue weighted by molar-refractivity contribution is 14.0. The Labute approximate surface area is 178 Å². The van der Waals surface area contributed by atoms with E-state index in [1.807, 2.05) is 19.1 Å². The van der Waals surface area contributed by atoms with E-state index in [0.29, 0.717) is 18.5 Å². The minimum atomic E-state index is -0.241. The van der Waals surface area contributed by atoms with E-state index in [-0.39, 0.29) is 41.7 Å². The Balaban J connectivity index is 0.00000364. The number of nitrogens with one attached hydrogen (secondary N) is 2. The highest BCUT2D eigenvalue weighted by Gasteiger charge is 2.23. The van der Waals surface area contributed by atoms with Gasteiger partial charge in [-0.25, -0.2) is 4.99 Å². The lowest BCUT2D eigenvalue weighted by molar-refractivity contribution is -0.119. The summed E-state index contributed by atoms with van der Waals surface area (Å²) in [7, 11) is 1.62. The molecule has 4 N–H and O–H groups in total. The van der Waals surface area contributed by atoms with E-state index in [4.69, 9.17) is 10.7 Å². The first-order valence-electron chi connectivity index (χ1n) is 9.16. The predicted octanol–water partition coefficient (Wildman–Crippen LogP) is 1.72. The van der Waals surface area contributed by atoms with Gasteiger partial charge in [0.2, 0.25) is 5.91 Å². The molecule has 0 radical (unpaired) electrons. The number of halogens is 1. The van der Waals surface area contributed by atoms with Gasteiger partial charge in [0.15, 0.2) is 5.96 Å². The second-order valence-electron chi connectivity index (χ2n) is 6.57. The van der Waals surface area contributed by atoms with Crippen LogP contribution in [0.25, 0.3) is 0 Å².